The third kappa shape index (κ3) is 2.88. The molecule has 1 aromatic heterocycles. The summed E-state index contributed by atoms with van der Waals surface area (Å²) < 4.78 is 26.6. The molecule has 0 unspecified atom stereocenters. The predicted molar refractivity (Wildman–Crippen MR) is 76.9 cm³/mol. The minimum absolute atomic E-state index is 0.0933. The molecule has 0 radical (unpaired) electrons. The lowest BCUT2D eigenvalue weighted by Crippen LogP contribution is -2.48. The molecule has 1 fully saturated rings. The fourth-order valence-electron chi connectivity index (χ4n) is 2.21. The van der Waals surface area contributed by atoms with Crippen LogP contribution < -0.4 is 0 Å². The highest BCUT2D eigenvalue weighted by Gasteiger charge is 2.30. The molecule has 1 saturated heterocycles. The summed E-state index contributed by atoms with van der Waals surface area (Å²) in [5, 5.41) is 9.02. The Morgan fingerprint density at radius 2 is 1.95 bits per heavy atom. The number of hydrogen-bond donors (Lipinski definition) is 1. The highest BCUT2D eigenvalue weighted by atomic mass is 32.2. The molecule has 1 aliphatic rings. The normalized spacial score (nSPS) is 18.3. The second kappa shape index (κ2) is 5.80. The lowest BCUT2D eigenvalue weighted by molar-refractivity contribution is 0.0701. The summed E-state index contributed by atoms with van der Waals surface area (Å²) in [4.78, 5) is 13.3. The third-order valence-corrected chi connectivity index (χ3v) is 7.03. The van der Waals surface area contributed by atoms with Gasteiger partial charge in [0.1, 0.15) is 9.09 Å². The monoisotopic (exact) mass is 318 g/mol. The predicted octanol–water partition coefficient (Wildman–Crippen LogP) is 1.08. The maximum Gasteiger partial charge on any atom is 0.346 e. The molecule has 20 heavy (non-hydrogen) atoms. The van der Waals surface area contributed by atoms with Crippen LogP contribution in [-0.2, 0) is 10.0 Å². The van der Waals surface area contributed by atoms with E-state index < -0.39 is 16.0 Å². The first kappa shape index (κ1) is 15.4. The first-order valence-electron chi connectivity index (χ1n) is 6.42. The molecule has 8 heteroatoms. The molecule has 1 aliphatic heterocycles. The number of hydrogen-bond acceptors (Lipinski definition) is 5. The standard InChI is InChI=1S/C12H18N2O4S2/c1-3-13-4-6-14(7-5-13)20(17,18)10-8-9(2)11(19-10)12(15)16/h8H,3-7H2,1-2H3,(H,15,16). The average molecular weight is 318 g/mol. The van der Waals surface area contributed by atoms with E-state index in [0.717, 1.165) is 17.9 Å². The zero-order valence-electron chi connectivity index (χ0n) is 11.5. The Kier molecular flexibility index (Phi) is 4.48. The summed E-state index contributed by atoms with van der Waals surface area (Å²) in [5.41, 5.74) is 0.494. The van der Waals surface area contributed by atoms with E-state index in [1.807, 2.05) is 6.92 Å². The number of likely N-dealkylation sites (N-methyl/N-ethyl adjacent to an activating group) is 1. The van der Waals surface area contributed by atoms with E-state index in [0.29, 0.717) is 31.7 Å². The number of carboxylic acids is 1. The van der Waals surface area contributed by atoms with Gasteiger partial charge in [0.25, 0.3) is 10.0 Å². The topological polar surface area (TPSA) is 77.9 Å². The van der Waals surface area contributed by atoms with Crippen molar-refractivity contribution in [1.82, 2.24) is 9.21 Å². The quantitative estimate of drug-likeness (QED) is 0.899. The highest BCUT2D eigenvalue weighted by Crippen LogP contribution is 2.29. The van der Waals surface area contributed by atoms with Crippen LogP contribution in [0.3, 0.4) is 0 Å². The molecule has 6 nitrogen and oxygen atoms in total. The second-order valence-corrected chi connectivity index (χ2v) is 7.94. The van der Waals surface area contributed by atoms with Gasteiger partial charge in [0, 0.05) is 26.2 Å². The van der Waals surface area contributed by atoms with E-state index >= 15 is 0 Å². The van der Waals surface area contributed by atoms with Crippen LogP contribution in [-0.4, -0.2) is 61.4 Å². The van der Waals surface area contributed by atoms with E-state index in [4.69, 9.17) is 5.11 Å². The largest absolute Gasteiger partial charge is 0.477 e. The van der Waals surface area contributed by atoms with Crippen LogP contribution in [0.2, 0.25) is 0 Å². The van der Waals surface area contributed by atoms with Gasteiger partial charge in [-0.15, -0.1) is 11.3 Å². The Bertz CT molecular complexity index is 601. The number of thiophene rings is 1. The van der Waals surface area contributed by atoms with Crippen molar-refractivity contribution in [3.05, 3.63) is 16.5 Å². The Labute approximate surface area is 122 Å². The molecule has 0 amide bonds. The second-order valence-electron chi connectivity index (χ2n) is 4.72. The third-order valence-electron chi connectivity index (χ3n) is 3.46. The van der Waals surface area contributed by atoms with Crippen LogP contribution in [0.25, 0.3) is 0 Å². The number of piperazine rings is 1. The summed E-state index contributed by atoms with van der Waals surface area (Å²) in [5.74, 6) is -1.08. The molecule has 0 saturated carbocycles. The van der Waals surface area contributed by atoms with Gasteiger partial charge in [0.2, 0.25) is 0 Å². The van der Waals surface area contributed by atoms with Crippen LogP contribution in [0.4, 0.5) is 0 Å². The van der Waals surface area contributed by atoms with Crippen LogP contribution >= 0.6 is 11.3 Å². The van der Waals surface area contributed by atoms with Crippen molar-refractivity contribution in [2.75, 3.05) is 32.7 Å². The molecule has 0 aliphatic carbocycles. The van der Waals surface area contributed by atoms with Gasteiger partial charge in [-0.3, -0.25) is 0 Å². The zero-order chi connectivity index (χ0) is 14.9. The summed E-state index contributed by atoms with van der Waals surface area (Å²) in [6, 6.07) is 1.45. The molecule has 112 valence electrons. The van der Waals surface area contributed by atoms with Gasteiger partial charge >= 0.3 is 5.97 Å². The number of sulfonamides is 1. The van der Waals surface area contributed by atoms with E-state index in [9.17, 15) is 13.2 Å². The molecular formula is C12H18N2O4S2. The van der Waals surface area contributed by atoms with Crippen molar-refractivity contribution in [2.45, 2.75) is 18.1 Å². The lowest BCUT2D eigenvalue weighted by Gasteiger charge is -2.32. The summed E-state index contributed by atoms with van der Waals surface area (Å²) in [7, 11) is -3.57. The first-order valence-corrected chi connectivity index (χ1v) is 8.68. The number of carbonyl (C=O) groups is 1. The molecule has 0 bridgehead atoms. The summed E-state index contributed by atoms with van der Waals surface area (Å²) in [6.45, 7) is 6.91. The van der Waals surface area contributed by atoms with Gasteiger partial charge in [0.05, 0.1) is 0 Å². The fourth-order valence-corrected chi connectivity index (χ4v) is 5.16. The maximum absolute atomic E-state index is 12.5. The van der Waals surface area contributed by atoms with Gasteiger partial charge in [-0.2, -0.15) is 4.31 Å². The van der Waals surface area contributed by atoms with E-state index in [1.54, 1.807) is 6.92 Å². The molecular weight excluding hydrogens is 300 g/mol. The van der Waals surface area contributed by atoms with Crippen molar-refractivity contribution >= 4 is 27.3 Å². The van der Waals surface area contributed by atoms with Crippen molar-refractivity contribution in [2.24, 2.45) is 0 Å². The van der Waals surface area contributed by atoms with Gasteiger partial charge < -0.3 is 10.0 Å². The van der Waals surface area contributed by atoms with Gasteiger partial charge in [-0.25, -0.2) is 13.2 Å². The van der Waals surface area contributed by atoms with Crippen LogP contribution in [0.1, 0.15) is 22.2 Å². The number of aryl methyl sites for hydroxylation is 1. The minimum Gasteiger partial charge on any atom is -0.477 e. The van der Waals surface area contributed by atoms with E-state index in [2.05, 4.69) is 4.90 Å². The lowest BCUT2D eigenvalue weighted by atomic mass is 10.3. The number of carboxylic acid groups (broad SMARTS) is 1. The van der Waals surface area contributed by atoms with Gasteiger partial charge in [-0.05, 0) is 25.1 Å². The number of rotatable bonds is 4. The fraction of sp³-hybridized carbons (Fsp3) is 0.583. The van der Waals surface area contributed by atoms with Crippen molar-refractivity contribution in [3.8, 4) is 0 Å². The summed E-state index contributed by atoms with van der Waals surface area (Å²) in [6.07, 6.45) is 0. The molecule has 0 atom stereocenters. The van der Waals surface area contributed by atoms with Gasteiger partial charge in [0.15, 0.2) is 0 Å². The zero-order valence-corrected chi connectivity index (χ0v) is 13.1. The molecule has 0 aromatic carbocycles. The van der Waals surface area contributed by atoms with Crippen LogP contribution in [0, 0.1) is 6.92 Å². The minimum atomic E-state index is -3.57. The Balaban J connectivity index is 2.23. The van der Waals surface area contributed by atoms with E-state index in [-0.39, 0.29) is 9.09 Å². The molecule has 2 rings (SSSR count). The van der Waals surface area contributed by atoms with Crippen LogP contribution in [0.15, 0.2) is 10.3 Å². The first-order chi connectivity index (χ1) is 9.36. The number of aromatic carboxylic acids is 1. The van der Waals surface area contributed by atoms with Crippen molar-refractivity contribution in [3.63, 3.8) is 0 Å². The summed E-state index contributed by atoms with van der Waals surface area (Å²) >= 11 is 0.832. The molecule has 0 spiro atoms. The Hall–Kier alpha value is -0.960. The smallest absolute Gasteiger partial charge is 0.346 e. The van der Waals surface area contributed by atoms with Crippen molar-refractivity contribution < 1.29 is 18.3 Å². The maximum atomic E-state index is 12.5. The van der Waals surface area contributed by atoms with Crippen molar-refractivity contribution in [1.29, 1.82) is 0 Å². The Morgan fingerprint density at radius 3 is 2.40 bits per heavy atom. The molecule has 2 heterocycles. The SMILES string of the molecule is CCN1CCN(S(=O)(=O)c2cc(C)c(C(=O)O)s2)CC1. The van der Waals surface area contributed by atoms with Gasteiger partial charge in [-0.1, -0.05) is 6.92 Å². The highest BCUT2D eigenvalue weighted by molar-refractivity contribution is 7.91. The van der Waals surface area contributed by atoms with E-state index in [1.165, 1.54) is 10.4 Å². The Morgan fingerprint density at radius 1 is 1.35 bits per heavy atom. The average Bonchev–Trinajstić information content (AvgIpc) is 2.82. The molecule has 1 N–H and O–H groups in total. The number of nitrogens with zero attached hydrogens (tertiary/aromatic N) is 2. The van der Waals surface area contributed by atoms with Crippen LogP contribution in [0.5, 0.6) is 0 Å². The molecule has 1 aromatic rings.